The molecule has 29 heavy (non-hydrogen) atoms. The molecule has 2 aromatic carbocycles. The van der Waals surface area contributed by atoms with Crippen LogP contribution in [0.25, 0.3) is 0 Å². The highest BCUT2D eigenvalue weighted by atomic mass is 16.5. The summed E-state index contributed by atoms with van der Waals surface area (Å²) in [5.41, 5.74) is 9.20. The van der Waals surface area contributed by atoms with Crippen LogP contribution in [0.1, 0.15) is 47.7 Å². The second-order valence-electron chi connectivity index (χ2n) is 6.59. The van der Waals surface area contributed by atoms with Crippen molar-refractivity contribution in [2.24, 2.45) is 5.11 Å². The Bertz CT molecular complexity index is 882. The Kier molecular flexibility index (Phi) is 7.59. The highest BCUT2D eigenvalue weighted by Crippen LogP contribution is 2.38. The summed E-state index contributed by atoms with van der Waals surface area (Å²) in [5.74, 6) is 1.66. The van der Waals surface area contributed by atoms with Gasteiger partial charge in [-0.1, -0.05) is 13.8 Å². The van der Waals surface area contributed by atoms with E-state index in [1.54, 1.807) is 44.6 Å². The van der Waals surface area contributed by atoms with Crippen LogP contribution in [0, 0.1) is 5.53 Å². The average Bonchev–Trinajstić information content (AvgIpc) is 2.77. The number of hydrogen-bond acceptors (Lipinski definition) is 7. The third-order valence-electron chi connectivity index (χ3n) is 5.10. The van der Waals surface area contributed by atoms with Gasteiger partial charge in [0.25, 0.3) is 0 Å². The van der Waals surface area contributed by atoms with E-state index in [9.17, 15) is 4.79 Å². The van der Waals surface area contributed by atoms with Crippen molar-refractivity contribution in [3.63, 3.8) is 0 Å². The Morgan fingerprint density at radius 2 is 1.48 bits per heavy atom. The average molecular weight is 400 g/mol. The third kappa shape index (κ3) is 4.50. The molecule has 0 aromatic heterocycles. The highest BCUT2D eigenvalue weighted by molar-refractivity contribution is 6.10. The summed E-state index contributed by atoms with van der Waals surface area (Å²) in [4.78, 5) is 13.4. The molecule has 156 valence electrons. The summed E-state index contributed by atoms with van der Waals surface area (Å²) >= 11 is 0. The largest absolute Gasteiger partial charge is 0.493 e. The number of carbonyl (C=O) groups excluding carboxylic acids is 1. The Balaban J connectivity index is 2.65. The SMILES string of the molecule is CCC(N=N)C(C)c1cc(OC)c(OC)cc1C(=O)c1ccc(OC)c(OC)c1. The van der Waals surface area contributed by atoms with E-state index in [0.717, 1.165) is 5.56 Å². The van der Waals surface area contributed by atoms with E-state index in [4.69, 9.17) is 24.5 Å². The first kappa shape index (κ1) is 22.2. The molecule has 0 saturated carbocycles. The first-order valence-electron chi connectivity index (χ1n) is 9.34. The van der Waals surface area contributed by atoms with Gasteiger partial charge in [-0.05, 0) is 42.3 Å². The van der Waals surface area contributed by atoms with Crippen LogP contribution >= 0.6 is 0 Å². The summed E-state index contributed by atoms with van der Waals surface area (Å²) in [7, 11) is 6.15. The molecule has 0 aliphatic carbocycles. The molecular formula is C22H28N2O5. The van der Waals surface area contributed by atoms with E-state index in [0.29, 0.717) is 40.5 Å². The van der Waals surface area contributed by atoms with Gasteiger partial charge >= 0.3 is 0 Å². The van der Waals surface area contributed by atoms with E-state index in [1.807, 2.05) is 13.8 Å². The van der Waals surface area contributed by atoms with Gasteiger partial charge in [0.2, 0.25) is 0 Å². The first-order chi connectivity index (χ1) is 13.9. The molecule has 0 fully saturated rings. The van der Waals surface area contributed by atoms with Gasteiger partial charge in [0.1, 0.15) is 0 Å². The van der Waals surface area contributed by atoms with Crippen molar-refractivity contribution in [3.8, 4) is 23.0 Å². The second-order valence-corrected chi connectivity index (χ2v) is 6.59. The van der Waals surface area contributed by atoms with Crippen molar-refractivity contribution in [1.82, 2.24) is 0 Å². The summed E-state index contributed by atoms with van der Waals surface area (Å²) in [6.45, 7) is 3.93. The normalized spacial score (nSPS) is 12.6. The summed E-state index contributed by atoms with van der Waals surface area (Å²) in [6, 6.07) is 8.28. The lowest BCUT2D eigenvalue weighted by molar-refractivity contribution is 0.103. The van der Waals surface area contributed by atoms with Crippen molar-refractivity contribution in [1.29, 1.82) is 5.53 Å². The van der Waals surface area contributed by atoms with Crippen molar-refractivity contribution in [3.05, 3.63) is 47.0 Å². The number of ether oxygens (including phenoxy) is 4. The zero-order chi connectivity index (χ0) is 21.6. The zero-order valence-electron chi connectivity index (χ0n) is 17.7. The van der Waals surface area contributed by atoms with Crippen LogP contribution in [-0.2, 0) is 0 Å². The third-order valence-corrected chi connectivity index (χ3v) is 5.10. The van der Waals surface area contributed by atoms with Crippen LogP contribution in [0.5, 0.6) is 23.0 Å². The van der Waals surface area contributed by atoms with Gasteiger partial charge in [0, 0.05) is 17.0 Å². The fourth-order valence-corrected chi connectivity index (χ4v) is 3.36. The topological polar surface area (TPSA) is 90.2 Å². The fraction of sp³-hybridized carbons (Fsp3) is 0.409. The summed E-state index contributed by atoms with van der Waals surface area (Å²) < 4.78 is 21.4. The number of carbonyl (C=O) groups is 1. The van der Waals surface area contributed by atoms with Gasteiger partial charge in [0.05, 0.1) is 34.5 Å². The Morgan fingerprint density at radius 3 is 2.00 bits per heavy atom. The molecule has 2 unspecified atom stereocenters. The first-order valence-corrected chi connectivity index (χ1v) is 9.34. The molecule has 1 N–H and O–H groups in total. The molecule has 2 rings (SSSR count). The van der Waals surface area contributed by atoms with Crippen LogP contribution in [0.2, 0.25) is 0 Å². The summed E-state index contributed by atoms with van der Waals surface area (Å²) in [5, 5.41) is 3.73. The second kappa shape index (κ2) is 9.91. The van der Waals surface area contributed by atoms with Gasteiger partial charge < -0.3 is 18.9 Å². The van der Waals surface area contributed by atoms with Crippen LogP contribution < -0.4 is 18.9 Å². The van der Waals surface area contributed by atoms with Crippen molar-refractivity contribution < 1.29 is 23.7 Å². The Hall–Kier alpha value is -3.09. The van der Waals surface area contributed by atoms with Gasteiger partial charge in [-0.25, -0.2) is 5.53 Å². The maximum Gasteiger partial charge on any atom is 0.193 e. The fourth-order valence-electron chi connectivity index (χ4n) is 3.36. The number of ketones is 1. The molecule has 2 aromatic rings. The smallest absolute Gasteiger partial charge is 0.193 e. The van der Waals surface area contributed by atoms with E-state index in [-0.39, 0.29) is 17.7 Å². The number of hydrogen-bond donors (Lipinski definition) is 1. The van der Waals surface area contributed by atoms with Gasteiger partial charge in [-0.15, -0.1) is 0 Å². The number of methoxy groups -OCH3 is 4. The van der Waals surface area contributed by atoms with Crippen LogP contribution in [0.3, 0.4) is 0 Å². The highest BCUT2D eigenvalue weighted by Gasteiger charge is 2.26. The monoisotopic (exact) mass is 400 g/mol. The maximum absolute atomic E-state index is 13.4. The molecule has 0 aliphatic rings. The van der Waals surface area contributed by atoms with Crippen molar-refractivity contribution in [2.45, 2.75) is 32.2 Å². The van der Waals surface area contributed by atoms with Crippen LogP contribution in [0.15, 0.2) is 35.4 Å². The number of rotatable bonds is 10. The lowest BCUT2D eigenvalue weighted by Crippen LogP contribution is -2.17. The van der Waals surface area contributed by atoms with Crippen LogP contribution in [-0.4, -0.2) is 40.3 Å². The van der Waals surface area contributed by atoms with Gasteiger partial charge in [0.15, 0.2) is 28.8 Å². The van der Waals surface area contributed by atoms with E-state index < -0.39 is 0 Å². The molecule has 2 atom stereocenters. The molecule has 0 saturated heterocycles. The zero-order valence-corrected chi connectivity index (χ0v) is 17.7. The Labute approximate surface area is 171 Å². The van der Waals surface area contributed by atoms with Crippen molar-refractivity contribution >= 4 is 5.78 Å². The Morgan fingerprint density at radius 1 is 0.931 bits per heavy atom. The maximum atomic E-state index is 13.4. The molecule has 7 heteroatoms. The molecule has 0 aliphatic heterocycles. The lowest BCUT2D eigenvalue weighted by atomic mass is 9.85. The molecule has 0 amide bonds. The quantitative estimate of drug-likeness (QED) is 0.454. The predicted octanol–water partition coefficient (Wildman–Crippen LogP) is 4.87. The lowest BCUT2D eigenvalue weighted by Gasteiger charge is -2.22. The van der Waals surface area contributed by atoms with E-state index in [1.165, 1.54) is 14.2 Å². The molecule has 0 bridgehead atoms. The van der Waals surface area contributed by atoms with E-state index >= 15 is 0 Å². The molecule has 0 spiro atoms. The number of nitrogens with zero attached hydrogens (tertiary/aromatic N) is 1. The van der Waals surface area contributed by atoms with E-state index in [2.05, 4.69) is 5.11 Å². The molecule has 0 radical (unpaired) electrons. The van der Waals surface area contributed by atoms with Crippen molar-refractivity contribution in [2.75, 3.05) is 28.4 Å². The minimum Gasteiger partial charge on any atom is -0.493 e. The standard InChI is InChI=1S/C22H28N2O5/c1-7-17(24-23)13(2)15-11-20(28-5)21(29-6)12-16(15)22(25)14-8-9-18(26-3)19(10-14)27-4/h8-13,17,23H,7H2,1-6H3. The van der Waals surface area contributed by atoms with Gasteiger partial charge in [-0.2, -0.15) is 5.11 Å². The molecule has 7 nitrogen and oxygen atoms in total. The minimum atomic E-state index is -0.245. The van der Waals surface area contributed by atoms with Crippen LogP contribution in [0.4, 0.5) is 0 Å². The predicted molar refractivity (Wildman–Crippen MR) is 110 cm³/mol. The summed E-state index contributed by atoms with van der Waals surface area (Å²) in [6.07, 6.45) is 0.684. The molecular weight excluding hydrogens is 372 g/mol. The number of nitrogens with one attached hydrogen (secondary N) is 1. The van der Waals surface area contributed by atoms with Gasteiger partial charge in [-0.3, -0.25) is 4.79 Å². The number of benzene rings is 2. The minimum absolute atomic E-state index is 0.156. The molecule has 0 heterocycles.